The highest BCUT2D eigenvalue weighted by Gasteiger charge is 2.21. The average molecular weight is 309 g/mol. The Balaban J connectivity index is 1.90. The van der Waals surface area contributed by atoms with E-state index < -0.39 is 0 Å². The van der Waals surface area contributed by atoms with E-state index >= 15 is 0 Å². The normalized spacial score (nSPS) is 16.8. The molecule has 0 unspecified atom stereocenters. The van der Waals surface area contributed by atoms with Crippen molar-refractivity contribution in [1.82, 2.24) is 20.2 Å². The zero-order chi connectivity index (χ0) is 14.1. The lowest BCUT2D eigenvalue weighted by Gasteiger charge is -2.29. The molecule has 0 spiro atoms. The van der Waals surface area contributed by atoms with Crippen LogP contribution in [-0.2, 0) is 6.42 Å². The Morgan fingerprint density at radius 1 is 1.30 bits per heavy atom. The topological polar surface area (TPSA) is 60.6 Å². The fourth-order valence-corrected chi connectivity index (χ4v) is 3.77. The summed E-state index contributed by atoms with van der Waals surface area (Å²) in [5.74, 6) is 1.64. The molecule has 20 heavy (non-hydrogen) atoms. The van der Waals surface area contributed by atoms with Crippen molar-refractivity contribution in [1.29, 1.82) is 0 Å². The summed E-state index contributed by atoms with van der Waals surface area (Å²) in [6, 6.07) is 0. The molecule has 7 heteroatoms. The third-order valence-corrected chi connectivity index (χ3v) is 5.15. The van der Waals surface area contributed by atoms with Gasteiger partial charge in [-0.15, -0.1) is 0 Å². The van der Waals surface area contributed by atoms with Crippen LogP contribution in [0.5, 0.6) is 0 Å². The Morgan fingerprint density at radius 3 is 2.65 bits per heavy atom. The predicted octanol–water partition coefficient (Wildman–Crippen LogP) is 3.39. The highest BCUT2D eigenvalue weighted by Crippen LogP contribution is 2.34. The van der Waals surface area contributed by atoms with Gasteiger partial charge in [-0.1, -0.05) is 25.2 Å². The SMILES string of the molecule is CCc1nc(N2CCC(C)CC2)sc1-c1nc(=S)[nH][nH]1. The Bertz CT molecular complexity index is 633. The first-order chi connectivity index (χ1) is 9.67. The molecule has 0 saturated carbocycles. The van der Waals surface area contributed by atoms with Gasteiger partial charge in [-0.25, -0.2) is 4.98 Å². The minimum absolute atomic E-state index is 0.490. The lowest BCUT2D eigenvalue weighted by Crippen LogP contribution is -2.32. The van der Waals surface area contributed by atoms with E-state index in [0.29, 0.717) is 4.77 Å². The minimum Gasteiger partial charge on any atom is -0.348 e. The van der Waals surface area contributed by atoms with Gasteiger partial charge in [-0.2, -0.15) is 4.98 Å². The van der Waals surface area contributed by atoms with E-state index in [1.165, 1.54) is 12.8 Å². The summed E-state index contributed by atoms with van der Waals surface area (Å²) in [7, 11) is 0. The summed E-state index contributed by atoms with van der Waals surface area (Å²) in [6.07, 6.45) is 3.41. The van der Waals surface area contributed by atoms with Crippen molar-refractivity contribution in [2.45, 2.75) is 33.1 Å². The van der Waals surface area contributed by atoms with Crippen LogP contribution in [0.1, 0.15) is 32.4 Å². The van der Waals surface area contributed by atoms with E-state index in [2.05, 4.69) is 33.9 Å². The lowest BCUT2D eigenvalue weighted by molar-refractivity contribution is 0.438. The molecule has 1 fully saturated rings. The number of nitrogens with one attached hydrogen (secondary N) is 2. The summed E-state index contributed by atoms with van der Waals surface area (Å²) < 4.78 is 0.490. The van der Waals surface area contributed by atoms with Crippen molar-refractivity contribution in [3.05, 3.63) is 10.5 Å². The second-order valence-electron chi connectivity index (χ2n) is 5.31. The highest BCUT2D eigenvalue weighted by atomic mass is 32.1. The quantitative estimate of drug-likeness (QED) is 0.853. The molecular formula is C13H19N5S2. The number of rotatable bonds is 3. The van der Waals surface area contributed by atoms with Gasteiger partial charge in [0.1, 0.15) is 0 Å². The largest absolute Gasteiger partial charge is 0.348 e. The van der Waals surface area contributed by atoms with Crippen molar-refractivity contribution < 1.29 is 0 Å². The Morgan fingerprint density at radius 2 is 2.05 bits per heavy atom. The minimum atomic E-state index is 0.490. The van der Waals surface area contributed by atoms with E-state index in [9.17, 15) is 0 Å². The summed E-state index contributed by atoms with van der Waals surface area (Å²) in [5.41, 5.74) is 1.10. The third kappa shape index (κ3) is 2.64. The summed E-state index contributed by atoms with van der Waals surface area (Å²) in [5, 5.41) is 7.01. The summed E-state index contributed by atoms with van der Waals surface area (Å²) in [4.78, 5) is 12.6. The average Bonchev–Trinajstić information content (AvgIpc) is 3.05. The van der Waals surface area contributed by atoms with Gasteiger partial charge in [-0.05, 0) is 37.4 Å². The molecule has 2 N–H and O–H groups in total. The van der Waals surface area contributed by atoms with Crippen LogP contribution >= 0.6 is 23.6 Å². The molecule has 0 aromatic carbocycles. The number of aromatic nitrogens is 4. The maximum atomic E-state index is 5.03. The summed E-state index contributed by atoms with van der Waals surface area (Å²) in [6.45, 7) is 6.66. The van der Waals surface area contributed by atoms with Crippen LogP contribution in [0, 0.1) is 10.7 Å². The zero-order valence-corrected chi connectivity index (χ0v) is 13.4. The van der Waals surface area contributed by atoms with Crippen molar-refractivity contribution in [2.24, 2.45) is 5.92 Å². The Kier molecular flexibility index (Phi) is 3.89. The first kappa shape index (κ1) is 13.8. The van der Waals surface area contributed by atoms with Crippen LogP contribution < -0.4 is 4.90 Å². The van der Waals surface area contributed by atoms with Crippen LogP contribution in [-0.4, -0.2) is 33.3 Å². The molecule has 1 aliphatic rings. The number of hydrogen-bond acceptors (Lipinski definition) is 5. The third-order valence-electron chi connectivity index (χ3n) is 3.79. The molecule has 0 bridgehead atoms. The van der Waals surface area contributed by atoms with Crippen LogP contribution in [0.3, 0.4) is 0 Å². The number of aromatic amines is 2. The smallest absolute Gasteiger partial charge is 0.213 e. The maximum Gasteiger partial charge on any atom is 0.213 e. The zero-order valence-electron chi connectivity index (χ0n) is 11.8. The molecule has 3 rings (SSSR count). The second kappa shape index (κ2) is 5.65. The number of hydrogen-bond donors (Lipinski definition) is 2. The molecule has 108 valence electrons. The van der Waals surface area contributed by atoms with Gasteiger partial charge in [0.25, 0.3) is 0 Å². The van der Waals surface area contributed by atoms with Crippen LogP contribution in [0.15, 0.2) is 0 Å². The number of thiazole rings is 1. The van der Waals surface area contributed by atoms with Crippen molar-refractivity contribution >= 4 is 28.7 Å². The van der Waals surface area contributed by atoms with E-state index in [-0.39, 0.29) is 0 Å². The number of nitrogens with zero attached hydrogens (tertiary/aromatic N) is 3. The van der Waals surface area contributed by atoms with E-state index in [0.717, 1.165) is 47.0 Å². The predicted molar refractivity (Wildman–Crippen MR) is 84.9 cm³/mol. The Labute approximate surface area is 127 Å². The number of anilines is 1. The van der Waals surface area contributed by atoms with Crippen LogP contribution in [0.2, 0.25) is 0 Å². The number of aryl methyl sites for hydroxylation is 1. The Hall–Kier alpha value is -1.21. The fraction of sp³-hybridized carbons (Fsp3) is 0.615. The fourth-order valence-electron chi connectivity index (χ4n) is 2.48. The van der Waals surface area contributed by atoms with E-state index in [1.54, 1.807) is 11.3 Å². The molecule has 5 nitrogen and oxygen atoms in total. The van der Waals surface area contributed by atoms with Crippen molar-refractivity contribution in [2.75, 3.05) is 18.0 Å². The first-order valence-electron chi connectivity index (χ1n) is 7.07. The van der Waals surface area contributed by atoms with Crippen LogP contribution in [0.25, 0.3) is 10.7 Å². The molecule has 0 atom stereocenters. The van der Waals surface area contributed by atoms with E-state index in [4.69, 9.17) is 17.2 Å². The molecule has 0 aliphatic carbocycles. The lowest BCUT2D eigenvalue weighted by atomic mass is 10.00. The molecule has 0 amide bonds. The number of H-pyrrole nitrogens is 2. The van der Waals surface area contributed by atoms with Gasteiger partial charge < -0.3 is 4.90 Å². The first-order valence-corrected chi connectivity index (χ1v) is 8.29. The molecule has 3 heterocycles. The van der Waals surface area contributed by atoms with Gasteiger partial charge in [-0.3, -0.25) is 10.2 Å². The molecular weight excluding hydrogens is 290 g/mol. The van der Waals surface area contributed by atoms with Gasteiger partial charge in [0.05, 0.1) is 10.6 Å². The van der Waals surface area contributed by atoms with Crippen LogP contribution in [0.4, 0.5) is 5.13 Å². The summed E-state index contributed by atoms with van der Waals surface area (Å²) >= 11 is 6.75. The monoisotopic (exact) mass is 309 g/mol. The van der Waals surface area contributed by atoms with E-state index in [1.807, 2.05) is 0 Å². The molecule has 0 radical (unpaired) electrons. The van der Waals surface area contributed by atoms with Crippen molar-refractivity contribution in [3.63, 3.8) is 0 Å². The van der Waals surface area contributed by atoms with Gasteiger partial charge >= 0.3 is 0 Å². The molecule has 1 saturated heterocycles. The van der Waals surface area contributed by atoms with Gasteiger partial charge in [0, 0.05) is 13.1 Å². The standard InChI is InChI=1S/C13H19N5S2/c1-3-9-10(11-15-12(19)17-16-11)20-13(14-9)18-6-4-8(2)5-7-18/h8H,3-7H2,1-2H3,(H2,15,16,17,19). The second-order valence-corrected chi connectivity index (χ2v) is 6.68. The molecule has 2 aromatic heterocycles. The van der Waals surface area contributed by atoms with Gasteiger partial charge in [0.2, 0.25) is 4.77 Å². The molecule has 1 aliphatic heterocycles. The molecule has 2 aromatic rings. The van der Waals surface area contributed by atoms with Gasteiger partial charge in [0.15, 0.2) is 11.0 Å². The highest BCUT2D eigenvalue weighted by molar-refractivity contribution is 7.71. The maximum absolute atomic E-state index is 5.03. The number of piperidine rings is 1. The van der Waals surface area contributed by atoms with Crippen molar-refractivity contribution in [3.8, 4) is 10.7 Å².